The van der Waals surface area contributed by atoms with Crippen molar-refractivity contribution in [3.05, 3.63) is 101 Å². The number of pyridine rings is 1. The Morgan fingerprint density at radius 1 is 1.03 bits per heavy atom. The number of hydrogen-bond acceptors (Lipinski definition) is 3. The predicted molar refractivity (Wildman–Crippen MR) is 139 cm³/mol. The molecule has 4 aromatic rings. The maximum absolute atomic E-state index is 14.1. The molecule has 36 heavy (non-hydrogen) atoms. The van der Waals surface area contributed by atoms with E-state index >= 15 is 0 Å². The Morgan fingerprint density at radius 2 is 1.75 bits per heavy atom. The van der Waals surface area contributed by atoms with Crippen molar-refractivity contribution in [1.82, 2.24) is 15.2 Å². The van der Waals surface area contributed by atoms with Crippen LogP contribution in [0, 0.1) is 11.7 Å². The van der Waals surface area contributed by atoms with Gasteiger partial charge < -0.3 is 10.2 Å². The minimum absolute atomic E-state index is 0.107. The summed E-state index contributed by atoms with van der Waals surface area (Å²) >= 11 is 0. The lowest BCUT2D eigenvalue weighted by molar-refractivity contribution is -0.128. The number of halogens is 1. The first-order chi connectivity index (χ1) is 17.4. The quantitative estimate of drug-likeness (QED) is 0.357. The minimum atomic E-state index is -0.322. The standard InChI is InChI=1S/C30H28FN3O2/c1-19(35)34(2)18-25-27(30(36)33-28(21-15-16-21)22-11-8-12-23(31)17-22)24-13-6-7-14-26(24)32-29(25)20-9-4-3-5-10-20/h3-14,17,21,28H,15-16,18H2,1-2H3,(H,33,36)/t28-/m0/s1. The lowest BCUT2D eigenvalue weighted by Crippen LogP contribution is -2.32. The molecule has 5 nitrogen and oxygen atoms in total. The van der Waals surface area contributed by atoms with Gasteiger partial charge in [0.25, 0.3) is 5.91 Å². The Balaban J connectivity index is 1.67. The lowest BCUT2D eigenvalue weighted by atomic mass is 9.94. The van der Waals surface area contributed by atoms with Gasteiger partial charge in [-0.2, -0.15) is 0 Å². The van der Waals surface area contributed by atoms with Crippen LogP contribution < -0.4 is 5.32 Å². The number of nitrogens with one attached hydrogen (secondary N) is 1. The van der Waals surface area contributed by atoms with Crippen LogP contribution in [0.3, 0.4) is 0 Å². The SMILES string of the molecule is CC(=O)N(C)Cc1c(-c2ccccc2)nc2ccccc2c1C(=O)N[C@H](c1cccc(F)c1)C1CC1. The van der Waals surface area contributed by atoms with E-state index in [-0.39, 0.29) is 36.1 Å². The van der Waals surface area contributed by atoms with E-state index in [9.17, 15) is 14.0 Å². The molecule has 1 fully saturated rings. The molecule has 1 atom stereocenters. The van der Waals surface area contributed by atoms with Crippen molar-refractivity contribution in [1.29, 1.82) is 0 Å². The zero-order valence-corrected chi connectivity index (χ0v) is 20.4. The molecule has 1 aliphatic carbocycles. The van der Waals surface area contributed by atoms with Crippen molar-refractivity contribution in [3.8, 4) is 11.3 Å². The molecule has 1 heterocycles. The predicted octanol–water partition coefficient (Wildman–Crippen LogP) is 5.90. The Hall–Kier alpha value is -4.06. The highest BCUT2D eigenvalue weighted by Crippen LogP contribution is 2.42. The van der Waals surface area contributed by atoms with Gasteiger partial charge in [0.2, 0.25) is 5.91 Å². The van der Waals surface area contributed by atoms with Crippen molar-refractivity contribution in [2.24, 2.45) is 5.92 Å². The van der Waals surface area contributed by atoms with Gasteiger partial charge in [0.05, 0.1) is 22.8 Å². The summed E-state index contributed by atoms with van der Waals surface area (Å²) in [6.07, 6.45) is 1.96. The molecule has 2 amide bonds. The molecule has 1 saturated carbocycles. The smallest absolute Gasteiger partial charge is 0.252 e. The number of para-hydroxylation sites is 1. The van der Waals surface area contributed by atoms with Crippen molar-refractivity contribution < 1.29 is 14.0 Å². The van der Waals surface area contributed by atoms with E-state index in [0.717, 1.165) is 29.4 Å². The second-order valence-electron chi connectivity index (χ2n) is 9.42. The van der Waals surface area contributed by atoms with E-state index in [1.165, 1.54) is 19.1 Å². The maximum atomic E-state index is 14.1. The molecular formula is C30H28FN3O2. The van der Waals surface area contributed by atoms with Crippen LogP contribution in [0.2, 0.25) is 0 Å². The van der Waals surface area contributed by atoms with Crippen molar-refractivity contribution >= 4 is 22.7 Å². The number of hydrogen-bond donors (Lipinski definition) is 1. The number of aromatic nitrogens is 1. The largest absolute Gasteiger partial charge is 0.345 e. The Bertz CT molecular complexity index is 1430. The van der Waals surface area contributed by atoms with Crippen molar-refractivity contribution in [2.45, 2.75) is 32.4 Å². The summed E-state index contributed by atoms with van der Waals surface area (Å²) in [6.45, 7) is 1.73. The molecule has 0 bridgehead atoms. The summed E-state index contributed by atoms with van der Waals surface area (Å²) in [5.74, 6) is -0.416. The summed E-state index contributed by atoms with van der Waals surface area (Å²) in [5, 5.41) is 3.93. The van der Waals surface area contributed by atoms with Gasteiger partial charge in [-0.1, -0.05) is 60.7 Å². The summed E-state index contributed by atoms with van der Waals surface area (Å²) < 4.78 is 14.0. The molecule has 182 valence electrons. The molecule has 1 aliphatic rings. The number of carbonyl (C=O) groups is 2. The Kier molecular flexibility index (Phi) is 6.51. The molecule has 0 spiro atoms. The van der Waals surface area contributed by atoms with Gasteiger partial charge in [-0.05, 0) is 42.5 Å². The highest BCUT2D eigenvalue weighted by atomic mass is 19.1. The summed E-state index contributed by atoms with van der Waals surface area (Å²) in [7, 11) is 1.72. The molecular weight excluding hydrogens is 453 g/mol. The first-order valence-corrected chi connectivity index (χ1v) is 12.2. The third-order valence-electron chi connectivity index (χ3n) is 6.79. The van der Waals surface area contributed by atoms with Gasteiger partial charge in [0.1, 0.15) is 5.82 Å². The van der Waals surface area contributed by atoms with Gasteiger partial charge >= 0.3 is 0 Å². The Morgan fingerprint density at radius 3 is 2.44 bits per heavy atom. The fraction of sp³-hybridized carbons (Fsp3) is 0.233. The second kappa shape index (κ2) is 9.90. The number of nitrogens with zero attached hydrogens (tertiary/aromatic N) is 2. The number of rotatable bonds is 7. The number of fused-ring (bicyclic) bond motifs is 1. The van der Waals surface area contributed by atoms with Crippen molar-refractivity contribution in [2.75, 3.05) is 7.05 Å². The zero-order valence-electron chi connectivity index (χ0n) is 20.4. The third kappa shape index (κ3) is 4.85. The normalized spacial score (nSPS) is 13.9. The fourth-order valence-corrected chi connectivity index (χ4v) is 4.66. The minimum Gasteiger partial charge on any atom is -0.345 e. The Labute approximate surface area is 210 Å². The van der Waals surface area contributed by atoms with Crippen LogP contribution in [0.1, 0.15) is 47.3 Å². The molecule has 5 rings (SSSR count). The number of carbonyl (C=O) groups excluding carboxylic acids is 2. The van der Waals surface area contributed by atoms with Crippen molar-refractivity contribution in [3.63, 3.8) is 0 Å². The van der Waals surface area contributed by atoms with Gasteiger partial charge in [0, 0.05) is 37.0 Å². The third-order valence-corrected chi connectivity index (χ3v) is 6.79. The molecule has 6 heteroatoms. The molecule has 0 radical (unpaired) electrons. The van der Waals surface area contributed by atoms with Gasteiger partial charge in [-0.3, -0.25) is 9.59 Å². The van der Waals surface area contributed by atoms with E-state index in [1.54, 1.807) is 18.0 Å². The van der Waals surface area contributed by atoms with Crippen LogP contribution in [0.15, 0.2) is 78.9 Å². The topological polar surface area (TPSA) is 62.3 Å². The van der Waals surface area contributed by atoms with Crippen LogP contribution in [0.4, 0.5) is 4.39 Å². The van der Waals surface area contributed by atoms with Gasteiger partial charge in [0.15, 0.2) is 0 Å². The zero-order chi connectivity index (χ0) is 25.2. The van der Waals surface area contributed by atoms with E-state index in [1.807, 2.05) is 60.7 Å². The average molecular weight is 482 g/mol. The number of amides is 2. The first-order valence-electron chi connectivity index (χ1n) is 12.2. The second-order valence-corrected chi connectivity index (χ2v) is 9.42. The highest BCUT2D eigenvalue weighted by molar-refractivity contribution is 6.09. The summed E-state index contributed by atoms with van der Waals surface area (Å²) in [5.41, 5.74) is 4.17. The van der Waals surface area contributed by atoms with E-state index in [4.69, 9.17) is 4.98 Å². The van der Waals surface area contributed by atoms with E-state index in [0.29, 0.717) is 22.3 Å². The summed E-state index contributed by atoms with van der Waals surface area (Å²) in [6, 6.07) is 23.4. The maximum Gasteiger partial charge on any atom is 0.252 e. The van der Waals surface area contributed by atoms with Gasteiger partial charge in [-0.15, -0.1) is 0 Å². The van der Waals surface area contributed by atoms with Crippen LogP contribution in [0.5, 0.6) is 0 Å². The molecule has 0 saturated heterocycles. The lowest BCUT2D eigenvalue weighted by Gasteiger charge is -2.24. The van der Waals surface area contributed by atoms with Crippen LogP contribution in [-0.4, -0.2) is 28.7 Å². The molecule has 1 N–H and O–H groups in total. The fourth-order valence-electron chi connectivity index (χ4n) is 4.66. The monoisotopic (exact) mass is 481 g/mol. The van der Waals surface area contributed by atoms with E-state index in [2.05, 4.69) is 5.32 Å². The molecule has 1 aromatic heterocycles. The molecule has 3 aromatic carbocycles. The highest BCUT2D eigenvalue weighted by Gasteiger charge is 2.35. The van der Waals surface area contributed by atoms with E-state index < -0.39 is 0 Å². The first kappa shape index (κ1) is 23.7. The molecule has 0 aliphatic heterocycles. The number of benzene rings is 3. The van der Waals surface area contributed by atoms with Crippen LogP contribution in [-0.2, 0) is 11.3 Å². The summed E-state index contributed by atoms with van der Waals surface area (Å²) in [4.78, 5) is 32.8. The van der Waals surface area contributed by atoms with Gasteiger partial charge in [-0.25, -0.2) is 9.37 Å². The van der Waals surface area contributed by atoms with Crippen LogP contribution in [0.25, 0.3) is 22.2 Å². The average Bonchev–Trinajstić information content (AvgIpc) is 3.72. The molecule has 0 unspecified atom stereocenters. The van der Waals surface area contributed by atoms with Crippen LogP contribution >= 0.6 is 0 Å².